The van der Waals surface area contributed by atoms with Gasteiger partial charge in [-0.05, 0) is 11.6 Å². The average Bonchev–Trinajstić information content (AvgIpc) is 2.54. The second-order valence-electron chi connectivity index (χ2n) is 4.64. The number of methoxy groups -OCH3 is 2. The van der Waals surface area contributed by atoms with E-state index in [4.69, 9.17) is 9.47 Å². The molecule has 0 fully saturated rings. The molecule has 0 aromatic heterocycles. The molecule has 0 spiro atoms. The Bertz CT molecular complexity index is 692. The van der Waals surface area contributed by atoms with E-state index < -0.39 is 5.97 Å². The van der Waals surface area contributed by atoms with Crippen LogP contribution in [0.15, 0.2) is 42.5 Å². The van der Waals surface area contributed by atoms with Gasteiger partial charge in [0.2, 0.25) is 0 Å². The summed E-state index contributed by atoms with van der Waals surface area (Å²) in [5.74, 6) is -1.00. The summed E-state index contributed by atoms with van der Waals surface area (Å²) in [4.78, 5) is 24.0. The summed E-state index contributed by atoms with van der Waals surface area (Å²) in [7, 11) is 2.81. The highest BCUT2D eigenvalue weighted by atomic mass is 16.5. The van der Waals surface area contributed by atoms with E-state index in [1.807, 2.05) is 30.3 Å². The number of carboxylic acids is 1. The summed E-state index contributed by atoms with van der Waals surface area (Å²) in [6.45, 7) is 0. The second kappa shape index (κ2) is 6.76. The van der Waals surface area contributed by atoms with E-state index in [-0.39, 0.29) is 29.1 Å². The predicted octanol–water partition coefficient (Wildman–Crippen LogP) is 2.83. The Balaban J connectivity index is 2.48. The normalized spacial score (nSPS) is 10.1. The predicted molar refractivity (Wildman–Crippen MR) is 81.0 cm³/mol. The molecule has 0 atom stereocenters. The van der Waals surface area contributed by atoms with Crippen LogP contribution >= 0.6 is 0 Å². The van der Waals surface area contributed by atoms with Crippen LogP contribution in [0.2, 0.25) is 0 Å². The van der Waals surface area contributed by atoms with Crippen LogP contribution in [0, 0.1) is 0 Å². The minimum atomic E-state index is -1.20. The zero-order valence-corrected chi connectivity index (χ0v) is 12.3. The molecule has 2 aromatic carbocycles. The van der Waals surface area contributed by atoms with Crippen LogP contribution in [0.4, 0.5) is 0 Å². The van der Waals surface area contributed by atoms with Gasteiger partial charge < -0.3 is 14.6 Å². The molecule has 2 aromatic rings. The van der Waals surface area contributed by atoms with Crippen LogP contribution in [0.3, 0.4) is 0 Å². The fourth-order valence-electron chi connectivity index (χ4n) is 2.19. The second-order valence-corrected chi connectivity index (χ2v) is 4.64. The van der Waals surface area contributed by atoms with E-state index in [9.17, 15) is 14.7 Å². The zero-order chi connectivity index (χ0) is 16.1. The van der Waals surface area contributed by atoms with Crippen molar-refractivity contribution in [3.63, 3.8) is 0 Å². The Hall–Kier alpha value is -2.82. The minimum absolute atomic E-state index is 0.0552. The van der Waals surface area contributed by atoms with Gasteiger partial charge in [-0.1, -0.05) is 30.3 Å². The van der Waals surface area contributed by atoms with Gasteiger partial charge in [-0.15, -0.1) is 0 Å². The van der Waals surface area contributed by atoms with Gasteiger partial charge in [0.1, 0.15) is 11.5 Å². The largest absolute Gasteiger partial charge is 0.497 e. The molecular weight excluding hydrogens is 284 g/mol. The van der Waals surface area contributed by atoms with Gasteiger partial charge in [0.15, 0.2) is 5.78 Å². The number of ether oxygens (including phenoxy) is 2. The molecule has 0 aliphatic carbocycles. The molecule has 0 amide bonds. The van der Waals surface area contributed by atoms with Crippen molar-refractivity contribution in [1.82, 2.24) is 0 Å². The quantitative estimate of drug-likeness (QED) is 0.830. The summed E-state index contributed by atoms with van der Waals surface area (Å²) in [5, 5.41) is 9.36. The number of rotatable bonds is 6. The number of ketones is 1. The van der Waals surface area contributed by atoms with Gasteiger partial charge in [-0.3, -0.25) is 4.79 Å². The van der Waals surface area contributed by atoms with Gasteiger partial charge in [0.05, 0.1) is 25.3 Å². The lowest BCUT2D eigenvalue weighted by molar-refractivity contribution is 0.0690. The Kier molecular flexibility index (Phi) is 4.78. The van der Waals surface area contributed by atoms with Crippen molar-refractivity contribution in [1.29, 1.82) is 0 Å². The summed E-state index contributed by atoms with van der Waals surface area (Å²) < 4.78 is 10.2. The first-order valence-electron chi connectivity index (χ1n) is 6.63. The van der Waals surface area contributed by atoms with E-state index >= 15 is 0 Å². The van der Waals surface area contributed by atoms with Crippen molar-refractivity contribution < 1.29 is 24.2 Å². The van der Waals surface area contributed by atoms with E-state index in [0.29, 0.717) is 5.75 Å². The van der Waals surface area contributed by atoms with Crippen molar-refractivity contribution in [2.45, 2.75) is 6.42 Å². The first kappa shape index (κ1) is 15.6. The molecule has 0 aliphatic rings. The zero-order valence-electron chi connectivity index (χ0n) is 12.3. The number of Topliss-reactive ketones (excluding diaryl/α,β-unsaturated/α-hetero) is 1. The first-order valence-corrected chi connectivity index (χ1v) is 6.63. The van der Waals surface area contributed by atoms with E-state index in [1.165, 1.54) is 26.4 Å². The summed E-state index contributed by atoms with van der Waals surface area (Å²) in [5.41, 5.74) is 0.735. The average molecular weight is 300 g/mol. The maximum absolute atomic E-state index is 12.5. The molecule has 22 heavy (non-hydrogen) atoms. The Morgan fingerprint density at radius 2 is 1.73 bits per heavy atom. The van der Waals surface area contributed by atoms with Crippen molar-refractivity contribution in [2.75, 3.05) is 14.2 Å². The van der Waals surface area contributed by atoms with Gasteiger partial charge in [-0.25, -0.2) is 4.79 Å². The van der Waals surface area contributed by atoms with Crippen LogP contribution in [-0.4, -0.2) is 31.1 Å². The van der Waals surface area contributed by atoms with Crippen LogP contribution in [0.25, 0.3) is 0 Å². The lowest BCUT2D eigenvalue weighted by Gasteiger charge is -2.13. The topological polar surface area (TPSA) is 72.8 Å². The molecule has 5 heteroatoms. The third-order valence-corrected chi connectivity index (χ3v) is 3.25. The summed E-state index contributed by atoms with van der Waals surface area (Å²) in [6.07, 6.45) is 0.101. The van der Waals surface area contributed by atoms with Crippen molar-refractivity contribution >= 4 is 11.8 Å². The van der Waals surface area contributed by atoms with Gasteiger partial charge in [-0.2, -0.15) is 0 Å². The summed E-state index contributed by atoms with van der Waals surface area (Å²) >= 11 is 0. The molecule has 1 N–H and O–H groups in total. The van der Waals surface area contributed by atoms with Gasteiger partial charge in [0, 0.05) is 12.5 Å². The number of carbonyl (C=O) groups excluding carboxylic acids is 1. The third-order valence-electron chi connectivity index (χ3n) is 3.25. The highest BCUT2D eigenvalue weighted by Crippen LogP contribution is 2.30. The van der Waals surface area contributed by atoms with Crippen LogP contribution in [0.1, 0.15) is 26.3 Å². The Morgan fingerprint density at radius 1 is 1.05 bits per heavy atom. The molecule has 0 unspecified atom stereocenters. The number of benzene rings is 2. The third kappa shape index (κ3) is 3.25. The monoisotopic (exact) mass is 300 g/mol. The lowest BCUT2D eigenvalue weighted by Crippen LogP contribution is -2.13. The lowest BCUT2D eigenvalue weighted by atomic mass is 9.97. The highest BCUT2D eigenvalue weighted by molar-refractivity contribution is 6.09. The van der Waals surface area contributed by atoms with E-state index in [0.717, 1.165) is 5.56 Å². The number of carboxylic acid groups (broad SMARTS) is 1. The maximum Gasteiger partial charge on any atom is 0.336 e. The summed E-state index contributed by atoms with van der Waals surface area (Å²) in [6, 6.07) is 12.0. The number of aromatic carboxylic acids is 1. The molecular formula is C17H16O5. The molecule has 5 nitrogen and oxygen atoms in total. The molecule has 0 radical (unpaired) electrons. The first-order chi connectivity index (χ1) is 10.6. The fraction of sp³-hybridized carbons (Fsp3) is 0.176. The fourth-order valence-corrected chi connectivity index (χ4v) is 2.19. The molecule has 2 rings (SSSR count). The molecule has 0 aliphatic heterocycles. The molecule has 0 saturated heterocycles. The van der Waals surface area contributed by atoms with Gasteiger partial charge in [0.25, 0.3) is 0 Å². The number of hydrogen-bond donors (Lipinski definition) is 1. The molecule has 0 heterocycles. The Morgan fingerprint density at radius 3 is 2.27 bits per heavy atom. The number of carbonyl (C=O) groups is 2. The van der Waals surface area contributed by atoms with E-state index in [1.54, 1.807) is 0 Å². The SMILES string of the molecule is COc1cc(OC)c(C(=O)Cc2ccccc2)c(C(=O)O)c1. The van der Waals surface area contributed by atoms with Crippen molar-refractivity contribution in [2.24, 2.45) is 0 Å². The van der Waals surface area contributed by atoms with Gasteiger partial charge >= 0.3 is 5.97 Å². The minimum Gasteiger partial charge on any atom is -0.497 e. The molecule has 0 saturated carbocycles. The molecule has 114 valence electrons. The molecule has 0 bridgehead atoms. The standard InChI is InChI=1S/C17H16O5/c1-21-12-9-13(17(19)20)16(15(10-12)22-2)14(18)8-11-6-4-3-5-7-11/h3-7,9-10H,8H2,1-2H3,(H,19,20). The Labute approximate surface area is 128 Å². The van der Waals surface area contributed by atoms with Crippen molar-refractivity contribution in [3.05, 3.63) is 59.2 Å². The highest BCUT2D eigenvalue weighted by Gasteiger charge is 2.23. The smallest absolute Gasteiger partial charge is 0.336 e. The van der Waals surface area contributed by atoms with Crippen LogP contribution < -0.4 is 9.47 Å². The van der Waals surface area contributed by atoms with E-state index in [2.05, 4.69) is 0 Å². The number of hydrogen-bond acceptors (Lipinski definition) is 4. The van der Waals surface area contributed by atoms with Crippen LogP contribution in [0.5, 0.6) is 11.5 Å². The maximum atomic E-state index is 12.5. The van der Waals surface area contributed by atoms with Crippen LogP contribution in [-0.2, 0) is 6.42 Å². The van der Waals surface area contributed by atoms with Crippen molar-refractivity contribution in [3.8, 4) is 11.5 Å².